The van der Waals surface area contributed by atoms with Crippen molar-refractivity contribution in [1.82, 2.24) is 0 Å². The molecule has 36 heavy (non-hydrogen) atoms. The van der Waals surface area contributed by atoms with Crippen LogP contribution in [0.1, 0.15) is 17.2 Å². The third-order valence-electron chi connectivity index (χ3n) is 5.24. The Balaban J connectivity index is 1.84. The first kappa shape index (κ1) is 26.2. The summed E-state index contributed by atoms with van der Waals surface area (Å²) >= 11 is 0. The number of methoxy groups -OCH3 is 3. The van der Waals surface area contributed by atoms with Gasteiger partial charge in [0.1, 0.15) is 18.5 Å². The second-order valence-electron chi connectivity index (χ2n) is 7.58. The van der Waals surface area contributed by atoms with Crippen molar-refractivity contribution in [3.63, 3.8) is 0 Å². The first-order chi connectivity index (χ1) is 17.4. The summed E-state index contributed by atoms with van der Waals surface area (Å²) in [4.78, 5) is 12.4. The van der Waals surface area contributed by atoms with E-state index in [4.69, 9.17) is 23.7 Å². The molecule has 3 aromatic rings. The Kier molecular flexibility index (Phi) is 9.01. The lowest BCUT2D eigenvalue weighted by molar-refractivity contribution is -0.142. The first-order valence-electron chi connectivity index (χ1n) is 10.9. The molecule has 0 aliphatic rings. The van der Waals surface area contributed by atoms with E-state index >= 15 is 0 Å². The minimum atomic E-state index is -1.31. The second-order valence-corrected chi connectivity index (χ2v) is 7.58. The molecule has 0 amide bonds. The highest BCUT2D eigenvalue weighted by molar-refractivity contribution is 5.87. The predicted molar refractivity (Wildman–Crippen MR) is 132 cm³/mol. The fraction of sp³-hybridized carbons (Fsp3) is 0.222. The Morgan fingerprint density at radius 3 is 2.03 bits per heavy atom. The van der Waals surface area contributed by atoms with E-state index in [0.29, 0.717) is 22.6 Å². The van der Waals surface area contributed by atoms with E-state index in [2.05, 4.69) is 0 Å². The van der Waals surface area contributed by atoms with Crippen LogP contribution in [0.3, 0.4) is 0 Å². The Morgan fingerprint density at radius 1 is 0.861 bits per heavy atom. The number of hydrogen-bond acceptors (Lipinski definition) is 9. The number of aliphatic hydroxyl groups is 1. The van der Waals surface area contributed by atoms with Crippen molar-refractivity contribution in [2.45, 2.75) is 12.2 Å². The Labute approximate surface area is 208 Å². The highest BCUT2D eigenvalue weighted by Crippen LogP contribution is 2.40. The normalized spacial score (nSPS) is 12.6. The molecule has 3 aromatic carbocycles. The monoisotopic (exact) mass is 496 g/mol. The van der Waals surface area contributed by atoms with E-state index in [1.807, 2.05) is 0 Å². The van der Waals surface area contributed by atoms with E-state index < -0.39 is 18.2 Å². The molecule has 0 saturated carbocycles. The Hall–Kier alpha value is -4.37. The summed E-state index contributed by atoms with van der Waals surface area (Å²) in [6.45, 7) is -0.316. The number of benzene rings is 3. The van der Waals surface area contributed by atoms with Crippen molar-refractivity contribution in [2.24, 2.45) is 0 Å². The maximum Gasteiger partial charge on any atom is 0.330 e. The average molecular weight is 497 g/mol. The van der Waals surface area contributed by atoms with Crippen molar-refractivity contribution >= 4 is 12.0 Å². The van der Waals surface area contributed by atoms with Crippen LogP contribution in [-0.4, -0.2) is 55.3 Å². The molecular formula is C27H28O9. The van der Waals surface area contributed by atoms with Gasteiger partial charge in [0.15, 0.2) is 29.1 Å². The highest BCUT2D eigenvalue weighted by Gasteiger charge is 2.28. The fourth-order valence-electron chi connectivity index (χ4n) is 3.33. The molecule has 0 spiro atoms. The van der Waals surface area contributed by atoms with Gasteiger partial charge in [0, 0.05) is 6.08 Å². The topological polar surface area (TPSA) is 124 Å². The third-order valence-corrected chi connectivity index (χ3v) is 5.24. The average Bonchev–Trinajstić information content (AvgIpc) is 2.90. The van der Waals surface area contributed by atoms with E-state index in [9.17, 15) is 20.1 Å². The predicted octanol–water partition coefficient (Wildman–Crippen LogP) is 3.86. The maximum absolute atomic E-state index is 12.4. The van der Waals surface area contributed by atoms with Crippen LogP contribution in [0.5, 0.6) is 34.5 Å². The summed E-state index contributed by atoms with van der Waals surface area (Å²) in [5.74, 6) is 0.171. The molecule has 0 saturated heterocycles. The van der Waals surface area contributed by atoms with E-state index in [-0.39, 0.29) is 29.6 Å². The van der Waals surface area contributed by atoms with Crippen molar-refractivity contribution < 1.29 is 43.8 Å². The van der Waals surface area contributed by atoms with Gasteiger partial charge >= 0.3 is 5.97 Å². The molecule has 3 rings (SSSR count). The van der Waals surface area contributed by atoms with Crippen LogP contribution < -0.4 is 18.9 Å². The molecular weight excluding hydrogens is 468 g/mol. The van der Waals surface area contributed by atoms with Crippen LogP contribution in [0.15, 0.2) is 66.7 Å². The molecule has 0 aliphatic heterocycles. The van der Waals surface area contributed by atoms with Gasteiger partial charge in [-0.1, -0.05) is 24.3 Å². The second kappa shape index (κ2) is 12.4. The molecule has 190 valence electrons. The Bertz CT molecular complexity index is 1160. The van der Waals surface area contributed by atoms with Crippen LogP contribution >= 0.6 is 0 Å². The molecule has 0 aliphatic carbocycles. The van der Waals surface area contributed by atoms with Crippen LogP contribution in [0.4, 0.5) is 0 Å². The number of phenolic OH excluding ortho intramolecular Hbond substituents is 2. The van der Waals surface area contributed by atoms with E-state index in [0.717, 1.165) is 0 Å². The quantitative estimate of drug-likeness (QED) is 0.268. The van der Waals surface area contributed by atoms with Gasteiger partial charge in [-0.25, -0.2) is 4.79 Å². The number of hydrogen-bond donors (Lipinski definition) is 3. The maximum atomic E-state index is 12.4. The number of aromatic hydroxyl groups is 2. The molecule has 3 N–H and O–H groups in total. The molecule has 9 nitrogen and oxygen atoms in total. The number of esters is 1. The zero-order chi connectivity index (χ0) is 26.1. The molecule has 0 aromatic heterocycles. The van der Waals surface area contributed by atoms with Gasteiger partial charge < -0.3 is 39.0 Å². The summed E-state index contributed by atoms with van der Waals surface area (Å²) in [5, 5.41) is 30.8. The summed E-state index contributed by atoms with van der Waals surface area (Å²) in [6, 6.07) is 16.0. The van der Waals surface area contributed by atoms with Crippen LogP contribution in [-0.2, 0) is 9.53 Å². The minimum Gasteiger partial charge on any atom is -0.508 e. The number of phenols is 2. The van der Waals surface area contributed by atoms with Crippen molar-refractivity contribution in [2.75, 3.05) is 27.9 Å². The van der Waals surface area contributed by atoms with E-state index in [1.54, 1.807) is 36.4 Å². The van der Waals surface area contributed by atoms with Gasteiger partial charge in [-0.15, -0.1) is 0 Å². The number of aliphatic hydroxyl groups excluding tert-OH is 1. The van der Waals surface area contributed by atoms with Crippen LogP contribution in [0, 0.1) is 0 Å². The van der Waals surface area contributed by atoms with Gasteiger partial charge in [0.2, 0.25) is 5.75 Å². The van der Waals surface area contributed by atoms with Crippen LogP contribution in [0.2, 0.25) is 0 Å². The van der Waals surface area contributed by atoms with Crippen molar-refractivity contribution in [1.29, 1.82) is 0 Å². The van der Waals surface area contributed by atoms with Crippen molar-refractivity contribution in [3.05, 3.63) is 77.9 Å². The standard InChI is InChI=1S/C27H28O9/c1-32-20-6-4-5-7-21(20)36-24(16-35-25(29)13-10-17-8-11-19(28)12-9-17)26(30)18-14-22(33-2)27(31)23(15-18)34-3/h4-15,24,26,28,30-31H,16H2,1-3H3/b13-10+/t24-,26-/m1/s1. The van der Waals surface area contributed by atoms with Gasteiger partial charge in [-0.05, 0) is 53.6 Å². The lowest BCUT2D eigenvalue weighted by atomic mass is 10.0. The zero-order valence-electron chi connectivity index (χ0n) is 20.1. The number of ether oxygens (including phenoxy) is 5. The van der Waals surface area contributed by atoms with Gasteiger partial charge in [-0.3, -0.25) is 0 Å². The number of carbonyl (C=O) groups excluding carboxylic acids is 1. The number of para-hydroxylation sites is 2. The minimum absolute atomic E-state index is 0.0910. The fourth-order valence-corrected chi connectivity index (χ4v) is 3.33. The van der Waals surface area contributed by atoms with Crippen molar-refractivity contribution in [3.8, 4) is 34.5 Å². The summed E-state index contributed by atoms with van der Waals surface area (Å²) in [7, 11) is 4.23. The molecule has 0 unspecified atom stereocenters. The van der Waals surface area contributed by atoms with Gasteiger partial charge in [0.05, 0.1) is 21.3 Å². The SMILES string of the molecule is COc1ccccc1O[C@H](COC(=O)/C=C/c1ccc(O)cc1)[C@H](O)c1cc(OC)c(O)c(OC)c1. The number of rotatable bonds is 11. The molecule has 0 heterocycles. The summed E-state index contributed by atoms with van der Waals surface area (Å²) in [5.41, 5.74) is 0.993. The smallest absolute Gasteiger partial charge is 0.330 e. The Morgan fingerprint density at radius 2 is 1.44 bits per heavy atom. The van der Waals surface area contributed by atoms with Gasteiger partial charge in [-0.2, -0.15) is 0 Å². The molecule has 0 radical (unpaired) electrons. The molecule has 9 heteroatoms. The van der Waals surface area contributed by atoms with Crippen LogP contribution in [0.25, 0.3) is 6.08 Å². The zero-order valence-corrected chi connectivity index (χ0v) is 20.1. The lowest BCUT2D eigenvalue weighted by Crippen LogP contribution is -2.31. The third kappa shape index (κ3) is 6.61. The largest absolute Gasteiger partial charge is 0.508 e. The first-order valence-corrected chi connectivity index (χ1v) is 10.9. The molecule has 0 bridgehead atoms. The van der Waals surface area contributed by atoms with Gasteiger partial charge in [0.25, 0.3) is 0 Å². The molecule has 2 atom stereocenters. The summed E-state index contributed by atoms with van der Waals surface area (Å²) < 4.78 is 27.1. The highest BCUT2D eigenvalue weighted by atomic mass is 16.6. The summed E-state index contributed by atoms with van der Waals surface area (Å²) in [6.07, 6.45) is 0.383. The number of carbonyl (C=O) groups is 1. The van der Waals surface area contributed by atoms with E-state index in [1.165, 1.54) is 57.7 Å². The lowest BCUT2D eigenvalue weighted by Gasteiger charge is -2.25. The molecule has 0 fully saturated rings.